The summed E-state index contributed by atoms with van der Waals surface area (Å²) in [6, 6.07) is 5.81. The fraction of sp³-hybridized carbons (Fsp3) is 0.400. The molecule has 20 heavy (non-hydrogen) atoms. The Morgan fingerprint density at radius 3 is 2.90 bits per heavy atom. The van der Waals surface area contributed by atoms with Crippen LogP contribution in [-0.2, 0) is 13.0 Å². The van der Waals surface area contributed by atoms with E-state index in [-0.39, 0.29) is 6.04 Å². The Labute approximate surface area is 118 Å². The summed E-state index contributed by atoms with van der Waals surface area (Å²) in [5.41, 5.74) is 7.34. The van der Waals surface area contributed by atoms with E-state index >= 15 is 0 Å². The summed E-state index contributed by atoms with van der Waals surface area (Å²) in [4.78, 5) is 4.31. The van der Waals surface area contributed by atoms with Gasteiger partial charge in [0, 0.05) is 31.4 Å². The number of hydrogen-bond acceptors (Lipinski definition) is 4. The monoisotopic (exact) mass is 273 g/mol. The number of benzene rings is 1. The Balaban J connectivity index is 1.78. The van der Waals surface area contributed by atoms with E-state index < -0.39 is 0 Å². The van der Waals surface area contributed by atoms with Gasteiger partial charge in [0.25, 0.3) is 0 Å². The minimum Gasteiger partial charge on any atom is -0.486 e. The molecule has 0 radical (unpaired) electrons. The summed E-state index contributed by atoms with van der Waals surface area (Å²) >= 11 is 0. The van der Waals surface area contributed by atoms with Crippen molar-refractivity contribution in [2.24, 2.45) is 5.73 Å². The van der Waals surface area contributed by atoms with Crippen LogP contribution >= 0.6 is 0 Å². The zero-order valence-electron chi connectivity index (χ0n) is 11.6. The Kier molecular flexibility index (Phi) is 3.60. The smallest absolute Gasteiger partial charge is 0.161 e. The summed E-state index contributed by atoms with van der Waals surface area (Å²) in [6.45, 7) is 4.00. The van der Waals surface area contributed by atoms with Crippen molar-refractivity contribution in [1.82, 2.24) is 9.55 Å². The van der Waals surface area contributed by atoms with Gasteiger partial charge in [-0.15, -0.1) is 0 Å². The molecule has 0 amide bonds. The predicted octanol–water partition coefficient (Wildman–Crippen LogP) is 1.92. The molecule has 1 aliphatic rings. The first-order valence-electron chi connectivity index (χ1n) is 6.93. The van der Waals surface area contributed by atoms with Gasteiger partial charge in [-0.25, -0.2) is 4.98 Å². The molecule has 0 aliphatic carbocycles. The van der Waals surface area contributed by atoms with E-state index in [1.54, 1.807) is 0 Å². The lowest BCUT2D eigenvalue weighted by atomic mass is 10.1. The molecule has 2 aromatic rings. The molecular weight excluding hydrogens is 254 g/mol. The standard InChI is InChI=1S/C15H19N3O2/c1-2-15-17-5-6-18(15)10-12(16)11-3-4-13-14(9-11)20-8-7-19-13/h3-6,9,12H,2,7-8,10,16H2,1H3. The van der Waals surface area contributed by atoms with Crippen molar-refractivity contribution in [2.75, 3.05) is 13.2 Å². The molecule has 1 aliphatic heterocycles. The lowest BCUT2D eigenvalue weighted by Crippen LogP contribution is -2.20. The van der Waals surface area contributed by atoms with Crippen LogP contribution in [0.25, 0.3) is 0 Å². The van der Waals surface area contributed by atoms with Crippen molar-refractivity contribution >= 4 is 0 Å². The van der Waals surface area contributed by atoms with Gasteiger partial charge in [-0.3, -0.25) is 0 Å². The van der Waals surface area contributed by atoms with Gasteiger partial charge in [0.2, 0.25) is 0 Å². The van der Waals surface area contributed by atoms with E-state index in [0.717, 1.165) is 29.3 Å². The number of imidazole rings is 1. The van der Waals surface area contributed by atoms with Gasteiger partial charge >= 0.3 is 0 Å². The van der Waals surface area contributed by atoms with E-state index in [0.29, 0.717) is 19.8 Å². The number of aryl methyl sites for hydroxylation is 1. The summed E-state index contributed by atoms with van der Waals surface area (Å²) in [7, 11) is 0. The predicted molar refractivity (Wildman–Crippen MR) is 76.0 cm³/mol. The Hall–Kier alpha value is -2.01. The van der Waals surface area contributed by atoms with Crippen molar-refractivity contribution in [2.45, 2.75) is 25.9 Å². The summed E-state index contributed by atoms with van der Waals surface area (Å²) in [5.74, 6) is 2.63. The number of nitrogens with two attached hydrogens (primary N) is 1. The van der Waals surface area contributed by atoms with Gasteiger partial charge in [-0.2, -0.15) is 0 Å². The third-order valence-corrected chi connectivity index (χ3v) is 3.51. The van der Waals surface area contributed by atoms with Crippen LogP contribution in [0.3, 0.4) is 0 Å². The SMILES string of the molecule is CCc1nccn1CC(N)c1ccc2c(c1)OCCO2. The van der Waals surface area contributed by atoms with E-state index in [2.05, 4.69) is 16.5 Å². The maximum Gasteiger partial charge on any atom is 0.161 e. The van der Waals surface area contributed by atoms with Gasteiger partial charge in [0.15, 0.2) is 11.5 Å². The highest BCUT2D eigenvalue weighted by atomic mass is 16.6. The molecular formula is C15H19N3O2. The second kappa shape index (κ2) is 5.54. The Morgan fingerprint density at radius 2 is 2.10 bits per heavy atom. The van der Waals surface area contributed by atoms with Crippen LogP contribution in [0.1, 0.15) is 24.4 Å². The second-order valence-electron chi connectivity index (χ2n) is 4.86. The quantitative estimate of drug-likeness (QED) is 0.924. The van der Waals surface area contributed by atoms with Gasteiger partial charge < -0.3 is 19.8 Å². The number of nitrogens with zero attached hydrogens (tertiary/aromatic N) is 2. The molecule has 0 fully saturated rings. The molecule has 3 rings (SSSR count). The molecule has 0 saturated heterocycles. The summed E-state index contributed by atoms with van der Waals surface area (Å²) in [6.07, 6.45) is 4.69. The molecule has 2 N–H and O–H groups in total. The third-order valence-electron chi connectivity index (χ3n) is 3.51. The Morgan fingerprint density at radius 1 is 1.30 bits per heavy atom. The number of rotatable bonds is 4. The average molecular weight is 273 g/mol. The highest BCUT2D eigenvalue weighted by molar-refractivity contribution is 5.44. The molecule has 2 heterocycles. The molecule has 1 atom stereocenters. The molecule has 0 bridgehead atoms. The van der Waals surface area contributed by atoms with Crippen LogP contribution in [0.4, 0.5) is 0 Å². The number of hydrogen-bond donors (Lipinski definition) is 1. The maximum atomic E-state index is 6.30. The fourth-order valence-electron chi connectivity index (χ4n) is 2.43. The van der Waals surface area contributed by atoms with Crippen LogP contribution in [0.15, 0.2) is 30.6 Å². The van der Waals surface area contributed by atoms with Crippen molar-refractivity contribution in [1.29, 1.82) is 0 Å². The second-order valence-corrected chi connectivity index (χ2v) is 4.86. The minimum absolute atomic E-state index is 0.0923. The van der Waals surface area contributed by atoms with Crippen molar-refractivity contribution < 1.29 is 9.47 Å². The molecule has 106 valence electrons. The minimum atomic E-state index is -0.0923. The first-order chi connectivity index (χ1) is 9.78. The van der Waals surface area contributed by atoms with Gasteiger partial charge in [-0.1, -0.05) is 13.0 Å². The van der Waals surface area contributed by atoms with E-state index in [1.807, 2.05) is 30.6 Å². The average Bonchev–Trinajstić information content (AvgIpc) is 2.94. The highest BCUT2D eigenvalue weighted by Gasteiger charge is 2.15. The molecule has 5 heteroatoms. The van der Waals surface area contributed by atoms with E-state index in [1.165, 1.54) is 0 Å². The third kappa shape index (κ3) is 2.49. The highest BCUT2D eigenvalue weighted by Crippen LogP contribution is 2.32. The first kappa shape index (κ1) is 13.0. The summed E-state index contributed by atoms with van der Waals surface area (Å²) < 4.78 is 13.2. The van der Waals surface area contributed by atoms with Crippen LogP contribution < -0.4 is 15.2 Å². The van der Waals surface area contributed by atoms with Crippen LogP contribution in [0, 0.1) is 0 Å². The lowest BCUT2D eigenvalue weighted by molar-refractivity contribution is 0.171. The van der Waals surface area contributed by atoms with E-state index in [4.69, 9.17) is 15.2 Å². The van der Waals surface area contributed by atoms with Gasteiger partial charge in [0.1, 0.15) is 19.0 Å². The van der Waals surface area contributed by atoms with Crippen molar-refractivity contribution in [3.05, 3.63) is 42.0 Å². The molecule has 5 nitrogen and oxygen atoms in total. The molecule has 0 spiro atoms. The zero-order valence-corrected chi connectivity index (χ0v) is 11.6. The zero-order chi connectivity index (χ0) is 13.9. The normalized spacial score (nSPS) is 15.1. The van der Waals surface area contributed by atoms with Crippen LogP contribution in [0.5, 0.6) is 11.5 Å². The Bertz CT molecular complexity index is 595. The maximum absolute atomic E-state index is 6.30. The first-order valence-corrected chi connectivity index (χ1v) is 6.93. The number of ether oxygens (including phenoxy) is 2. The molecule has 1 aromatic heterocycles. The largest absolute Gasteiger partial charge is 0.486 e. The van der Waals surface area contributed by atoms with E-state index in [9.17, 15) is 0 Å². The fourth-order valence-corrected chi connectivity index (χ4v) is 2.43. The van der Waals surface area contributed by atoms with Crippen molar-refractivity contribution in [3.63, 3.8) is 0 Å². The van der Waals surface area contributed by atoms with Gasteiger partial charge in [0.05, 0.1) is 0 Å². The topological polar surface area (TPSA) is 62.3 Å². The number of aromatic nitrogens is 2. The molecule has 1 aromatic carbocycles. The van der Waals surface area contributed by atoms with Gasteiger partial charge in [-0.05, 0) is 17.7 Å². The lowest BCUT2D eigenvalue weighted by Gasteiger charge is -2.21. The molecule has 0 saturated carbocycles. The van der Waals surface area contributed by atoms with Crippen molar-refractivity contribution in [3.8, 4) is 11.5 Å². The van der Waals surface area contributed by atoms with Crippen LogP contribution in [0.2, 0.25) is 0 Å². The summed E-state index contributed by atoms with van der Waals surface area (Å²) in [5, 5.41) is 0. The molecule has 1 unspecified atom stereocenters. The van der Waals surface area contributed by atoms with Crippen LogP contribution in [-0.4, -0.2) is 22.8 Å². The number of fused-ring (bicyclic) bond motifs is 1.